The molecule has 20 heavy (non-hydrogen) atoms. The molecule has 1 aliphatic heterocycles. The standard InChI is InChI=1S/C16H18N2O2/c17-12-14-11-13(6-8-16(19)20)5-7-15(14)18-9-3-1-2-4-10-18/h5-8,11H,1-4,9-10H2,(H,19,20)/b8-6+. The third-order valence-corrected chi connectivity index (χ3v) is 3.51. The first kappa shape index (κ1) is 14.1. The molecule has 0 bridgehead atoms. The molecule has 1 aliphatic rings. The van der Waals surface area contributed by atoms with Gasteiger partial charge in [-0.3, -0.25) is 0 Å². The predicted octanol–water partition coefficient (Wildman–Crippen LogP) is 3.04. The fourth-order valence-corrected chi connectivity index (χ4v) is 2.50. The largest absolute Gasteiger partial charge is 0.478 e. The van der Waals surface area contributed by atoms with Gasteiger partial charge >= 0.3 is 5.97 Å². The van der Waals surface area contributed by atoms with Gasteiger partial charge in [-0.2, -0.15) is 5.26 Å². The molecular weight excluding hydrogens is 252 g/mol. The number of carboxylic acid groups (broad SMARTS) is 1. The fourth-order valence-electron chi connectivity index (χ4n) is 2.50. The highest BCUT2D eigenvalue weighted by atomic mass is 16.4. The van der Waals surface area contributed by atoms with Crippen molar-refractivity contribution in [3.8, 4) is 6.07 Å². The van der Waals surface area contributed by atoms with E-state index in [-0.39, 0.29) is 0 Å². The summed E-state index contributed by atoms with van der Waals surface area (Å²) in [6.07, 6.45) is 7.41. The van der Waals surface area contributed by atoms with E-state index in [1.54, 1.807) is 6.07 Å². The van der Waals surface area contributed by atoms with Crippen LogP contribution in [0.15, 0.2) is 24.3 Å². The molecule has 0 aromatic heterocycles. The van der Waals surface area contributed by atoms with E-state index in [9.17, 15) is 10.1 Å². The summed E-state index contributed by atoms with van der Waals surface area (Å²) in [6, 6.07) is 7.75. The lowest BCUT2D eigenvalue weighted by Gasteiger charge is -2.23. The van der Waals surface area contributed by atoms with Crippen molar-refractivity contribution in [3.63, 3.8) is 0 Å². The van der Waals surface area contributed by atoms with E-state index in [4.69, 9.17) is 5.11 Å². The second kappa shape index (κ2) is 6.76. The van der Waals surface area contributed by atoms with Crippen molar-refractivity contribution >= 4 is 17.7 Å². The van der Waals surface area contributed by atoms with Gasteiger partial charge in [0.15, 0.2) is 0 Å². The number of nitrogens with zero attached hydrogens (tertiary/aromatic N) is 2. The molecule has 0 aliphatic carbocycles. The Balaban J connectivity index is 2.25. The third kappa shape index (κ3) is 3.61. The predicted molar refractivity (Wildman–Crippen MR) is 78.5 cm³/mol. The highest BCUT2D eigenvalue weighted by molar-refractivity contribution is 5.85. The number of carbonyl (C=O) groups is 1. The summed E-state index contributed by atoms with van der Waals surface area (Å²) in [4.78, 5) is 12.8. The van der Waals surface area contributed by atoms with Gasteiger partial charge in [0.05, 0.1) is 11.3 Å². The van der Waals surface area contributed by atoms with Crippen molar-refractivity contribution in [1.29, 1.82) is 5.26 Å². The smallest absolute Gasteiger partial charge is 0.328 e. The number of anilines is 1. The second-order valence-corrected chi connectivity index (χ2v) is 4.96. The first-order valence-electron chi connectivity index (χ1n) is 6.91. The Hall–Kier alpha value is -2.28. The van der Waals surface area contributed by atoms with E-state index in [0.717, 1.165) is 43.3 Å². The molecule has 1 N–H and O–H groups in total. The monoisotopic (exact) mass is 270 g/mol. The molecule has 104 valence electrons. The summed E-state index contributed by atoms with van der Waals surface area (Å²) in [5.74, 6) is -0.986. The number of aliphatic carboxylic acids is 1. The molecule has 0 amide bonds. The average Bonchev–Trinajstić information content (AvgIpc) is 2.73. The van der Waals surface area contributed by atoms with Crippen molar-refractivity contribution in [2.24, 2.45) is 0 Å². The molecule has 0 radical (unpaired) electrons. The number of nitriles is 1. The van der Waals surface area contributed by atoms with Crippen LogP contribution in [0.3, 0.4) is 0 Å². The maximum atomic E-state index is 10.5. The van der Waals surface area contributed by atoms with Crippen LogP contribution in [0.2, 0.25) is 0 Å². The van der Waals surface area contributed by atoms with Crippen LogP contribution in [0.4, 0.5) is 5.69 Å². The van der Waals surface area contributed by atoms with E-state index >= 15 is 0 Å². The van der Waals surface area contributed by atoms with Crippen LogP contribution in [0, 0.1) is 11.3 Å². The zero-order valence-corrected chi connectivity index (χ0v) is 11.4. The van der Waals surface area contributed by atoms with Crippen LogP contribution >= 0.6 is 0 Å². The molecule has 0 saturated carbocycles. The first-order chi connectivity index (χ1) is 9.70. The summed E-state index contributed by atoms with van der Waals surface area (Å²) in [7, 11) is 0. The minimum atomic E-state index is -0.986. The Kier molecular flexibility index (Phi) is 4.78. The quantitative estimate of drug-likeness (QED) is 0.857. The molecule has 0 atom stereocenters. The van der Waals surface area contributed by atoms with Gasteiger partial charge in [-0.1, -0.05) is 18.9 Å². The Morgan fingerprint density at radius 3 is 2.55 bits per heavy atom. The molecular formula is C16H18N2O2. The van der Waals surface area contributed by atoms with Crippen molar-refractivity contribution in [3.05, 3.63) is 35.4 Å². The number of carboxylic acids is 1. The lowest BCUT2D eigenvalue weighted by Crippen LogP contribution is -2.24. The van der Waals surface area contributed by atoms with Gasteiger partial charge in [-0.05, 0) is 36.6 Å². The van der Waals surface area contributed by atoms with Crippen LogP contribution < -0.4 is 4.90 Å². The average molecular weight is 270 g/mol. The normalized spacial score (nSPS) is 15.8. The number of rotatable bonds is 3. The van der Waals surface area contributed by atoms with Gasteiger partial charge in [0.2, 0.25) is 0 Å². The fraction of sp³-hybridized carbons (Fsp3) is 0.375. The maximum Gasteiger partial charge on any atom is 0.328 e. The maximum absolute atomic E-state index is 10.5. The molecule has 1 saturated heterocycles. The van der Waals surface area contributed by atoms with Gasteiger partial charge < -0.3 is 10.0 Å². The molecule has 1 aromatic rings. The molecule has 1 aromatic carbocycles. The zero-order chi connectivity index (χ0) is 14.4. The van der Waals surface area contributed by atoms with E-state index in [1.807, 2.05) is 12.1 Å². The van der Waals surface area contributed by atoms with Crippen LogP contribution in [-0.2, 0) is 4.79 Å². The Morgan fingerprint density at radius 2 is 1.95 bits per heavy atom. The molecule has 0 unspecified atom stereocenters. The lowest BCUT2D eigenvalue weighted by atomic mass is 10.1. The number of benzene rings is 1. The summed E-state index contributed by atoms with van der Waals surface area (Å²) in [5.41, 5.74) is 2.31. The van der Waals surface area contributed by atoms with Crippen LogP contribution in [0.1, 0.15) is 36.8 Å². The van der Waals surface area contributed by atoms with Gasteiger partial charge in [-0.15, -0.1) is 0 Å². The van der Waals surface area contributed by atoms with Crippen LogP contribution in [-0.4, -0.2) is 24.2 Å². The van der Waals surface area contributed by atoms with Crippen LogP contribution in [0.25, 0.3) is 6.08 Å². The summed E-state index contributed by atoms with van der Waals surface area (Å²) in [6.45, 7) is 1.97. The Bertz CT molecular complexity index is 550. The third-order valence-electron chi connectivity index (χ3n) is 3.51. The molecule has 4 heteroatoms. The van der Waals surface area contributed by atoms with E-state index in [2.05, 4.69) is 11.0 Å². The van der Waals surface area contributed by atoms with Crippen molar-refractivity contribution in [1.82, 2.24) is 0 Å². The Morgan fingerprint density at radius 1 is 1.25 bits per heavy atom. The number of hydrogen-bond donors (Lipinski definition) is 1. The Labute approximate surface area is 118 Å². The molecule has 1 heterocycles. The molecule has 2 rings (SSSR count). The highest BCUT2D eigenvalue weighted by Gasteiger charge is 2.13. The van der Waals surface area contributed by atoms with Gasteiger partial charge in [0, 0.05) is 19.2 Å². The van der Waals surface area contributed by atoms with Gasteiger partial charge in [0.25, 0.3) is 0 Å². The minimum absolute atomic E-state index is 0.611. The van der Waals surface area contributed by atoms with E-state index in [1.165, 1.54) is 18.9 Å². The first-order valence-corrected chi connectivity index (χ1v) is 6.91. The van der Waals surface area contributed by atoms with E-state index < -0.39 is 5.97 Å². The molecule has 1 fully saturated rings. The van der Waals surface area contributed by atoms with E-state index in [0.29, 0.717) is 5.56 Å². The second-order valence-electron chi connectivity index (χ2n) is 4.96. The minimum Gasteiger partial charge on any atom is -0.478 e. The zero-order valence-electron chi connectivity index (χ0n) is 11.4. The summed E-state index contributed by atoms with van der Waals surface area (Å²) >= 11 is 0. The SMILES string of the molecule is N#Cc1cc(/C=C/C(=O)O)ccc1N1CCCCCC1. The van der Waals surface area contributed by atoms with Gasteiger partial charge in [-0.25, -0.2) is 4.79 Å². The van der Waals surface area contributed by atoms with Crippen molar-refractivity contribution in [2.45, 2.75) is 25.7 Å². The summed E-state index contributed by atoms with van der Waals surface area (Å²) in [5, 5.41) is 17.9. The van der Waals surface area contributed by atoms with Crippen LogP contribution in [0.5, 0.6) is 0 Å². The molecule has 0 spiro atoms. The number of hydrogen-bond acceptors (Lipinski definition) is 3. The summed E-state index contributed by atoms with van der Waals surface area (Å²) < 4.78 is 0. The van der Waals surface area contributed by atoms with Crippen molar-refractivity contribution in [2.75, 3.05) is 18.0 Å². The van der Waals surface area contributed by atoms with Gasteiger partial charge in [0.1, 0.15) is 6.07 Å². The lowest BCUT2D eigenvalue weighted by molar-refractivity contribution is -0.131. The topological polar surface area (TPSA) is 64.3 Å². The van der Waals surface area contributed by atoms with Crippen molar-refractivity contribution < 1.29 is 9.90 Å². The molecule has 4 nitrogen and oxygen atoms in total. The highest BCUT2D eigenvalue weighted by Crippen LogP contribution is 2.25.